The highest BCUT2D eigenvalue weighted by molar-refractivity contribution is 5.50. The molecule has 0 radical (unpaired) electrons. The molecule has 1 unspecified atom stereocenters. The van der Waals surface area contributed by atoms with E-state index in [1.54, 1.807) is 26.6 Å². The van der Waals surface area contributed by atoms with Crippen molar-refractivity contribution in [2.24, 2.45) is 0 Å². The van der Waals surface area contributed by atoms with Crippen molar-refractivity contribution in [1.29, 1.82) is 0 Å². The molecular formula is C15H19N3O2. The summed E-state index contributed by atoms with van der Waals surface area (Å²) in [5, 5.41) is 3.42. The zero-order valence-electron chi connectivity index (χ0n) is 12.0. The van der Waals surface area contributed by atoms with Crippen LogP contribution in [0.2, 0.25) is 0 Å². The minimum absolute atomic E-state index is 0.0766. The summed E-state index contributed by atoms with van der Waals surface area (Å²) in [6, 6.07) is 5.68. The Balaban J connectivity index is 2.54. The number of benzene rings is 1. The molecule has 1 aromatic heterocycles. The van der Waals surface area contributed by atoms with Crippen LogP contribution < -0.4 is 14.8 Å². The molecule has 0 amide bonds. The van der Waals surface area contributed by atoms with E-state index in [0.29, 0.717) is 0 Å². The zero-order valence-corrected chi connectivity index (χ0v) is 12.0. The Morgan fingerprint density at radius 3 is 2.20 bits per heavy atom. The first-order valence-corrected chi connectivity index (χ1v) is 6.51. The maximum absolute atomic E-state index is 5.48. The number of rotatable bonds is 6. The average Bonchev–Trinajstić information content (AvgIpc) is 2.52. The number of methoxy groups -OCH3 is 2. The van der Waals surface area contributed by atoms with Gasteiger partial charge in [-0.1, -0.05) is 13.0 Å². The molecule has 2 aromatic rings. The Hall–Kier alpha value is -2.14. The highest BCUT2D eigenvalue weighted by atomic mass is 16.5. The van der Waals surface area contributed by atoms with Crippen LogP contribution in [0.4, 0.5) is 0 Å². The van der Waals surface area contributed by atoms with Gasteiger partial charge in [0.05, 0.1) is 25.8 Å². The lowest BCUT2D eigenvalue weighted by Gasteiger charge is -2.22. The quantitative estimate of drug-likeness (QED) is 0.874. The fourth-order valence-corrected chi connectivity index (χ4v) is 2.21. The summed E-state index contributed by atoms with van der Waals surface area (Å²) in [4.78, 5) is 8.18. The van der Waals surface area contributed by atoms with Gasteiger partial charge in [-0.15, -0.1) is 0 Å². The molecule has 1 atom stereocenters. The van der Waals surface area contributed by atoms with Crippen LogP contribution in [0.1, 0.15) is 24.1 Å². The fourth-order valence-electron chi connectivity index (χ4n) is 2.21. The summed E-state index contributed by atoms with van der Waals surface area (Å²) in [6.45, 7) is 2.86. The van der Waals surface area contributed by atoms with Gasteiger partial charge in [0.1, 0.15) is 17.8 Å². The lowest BCUT2D eigenvalue weighted by Crippen LogP contribution is -2.23. The number of hydrogen-bond acceptors (Lipinski definition) is 5. The van der Waals surface area contributed by atoms with Gasteiger partial charge in [-0.05, 0) is 18.7 Å². The van der Waals surface area contributed by atoms with E-state index in [4.69, 9.17) is 9.47 Å². The van der Waals surface area contributed by atoms with Gasteiger partial charge in [-0.25, -0.2) is 9.97 Å². The minimum atomic E-state index is -0.0766. The number of aromatic nitrogens is 2. The van der Waals surface area contributed by atoms with Crippen molar-refractivity contribution in [3.63, 3.8) is 0 Å². The monoisotopic (exact) mass is 273 g/mol. The molecule has 1 heterocycles. The Labute approximate surface area is 119 Å². The molecule has 0 spiro atoms. The summed E-state index contributed by atoms with van der Waals surface area (Å²) >= 11 is 0. The van der Waals surface area contributed by atoms with Crippen molar-refractivity contribution in [2.45, 2.75) is 13.0 Å². The molecular weight excluding hydrogens is 254 g/mol. The van der Waals surface area contributed by atoms with Gasteiger partial charge >= 0.3 is 0 Å². The van der Waals surface area contributed by atoms with Crippen molar-refractivity contribution >= 4 is 0 Å². The molecule has 2 rings (SSSR count). The maximum atomic E-state index is 5.48. The number of nitrogens with one attached hydrogen (secondary N) is 1. The highest BCUT2D eigenvalue weighted by Crippen LogP contribution is 2.36. The largest absolute Gasteiger partial charge is 0.496 e. The van der Waals surface area contributed by atoms with E-state index in [1.807, 2.05) is 18.2 Å². The van der Waals surface area contributed by atoms with Crippen LogP contribution in [-0.2, 0) is 0 Å². The molecule has 1 aromatic carbocycles. The Kier molecular flexibility index (Phi) is 4.90. The topological polar surface area (TPSA) is 56.3 Å². The van der Waals surface area contributed by atoms with Crippen molar-refractivity contribution in [3.8, 4) is 11.5 Å². The minimum Gasteiger partial charge on any atom is -0.496 e. The first-order chi connectivity index (χ1) is 9.81. The predicted molar refractivity (Wildman–Crippen MR) is 77.1 cm³/mol. The second kappa shape index (κ2) is 6.86. The third-order valence-corrected chi connectivity index (χ3v) is 3.08. The summed E-state index contributed by atoms with van der Waals surface area (Å²) in [7, 11) is 3.31. The highest BCUT2D eigenvalue weighted by Gasteiger charge is 2.22. The van der Waals surface area contributed by atoms with E-state index in [9.17, 15) is 0 Å². The molecule has 0 fully saturated rings. The Bertz CT molecular complexity index is 524. The Morgan fingerprint density at radius 2 is 1.70 bits per heavy atom. The smallest absolute Gasteiger partial charge is 0.127 e. The standard InChI is InChI=1S/C15H19N3O2/c1-4-18-15(11-8-16-10-17-9-11)14-12(19-2)6-5-7-13(14)20-3/h5-10,15,18H,4H2,1-3H3. The SMILES string of the molecule is CCNC(c1cncnc1)c1c(OC)cccc1OC. The van der Waals surface area contributed by atoms with Gasteiger partial charge in [0.25, 0.3) is 0 Å². The third-order valence-electron chi connectivity index (χ3n) is 3.08. The third kappa shape index (κ3) is 2.88. The summed E-state index contributed by atoms with van der Waals surface area (Å²) in [6.07, 6.45) is 5.12. The van der Waals surface area contributed by atoms with Crippen LogP contribution in [0.15, 0.2) is 36.9 Å². The normalized spacial score (nSPS) is 11.9. The predicted octanol–water partition coefficient (Wildman–Crippen LogP) is 2.19. The van der Waals surface area contributed by atoms with Gasteiger partial charge in [-0.2, -0.15) is 0 Å². The van der Waals surface area contributed by atoms with E-state index < -0.39 is 0 Å². The molecule has 0 saturated carbocycles. The number of nitrogens with zero attached hydrogens (tertiary/aromatic N) is 2. The first kappa shape index (κ1) is 14.3. The number of hydrogen-bond donors (Lipinski definition) is 1. The Morgan fingerprint density at radius 1 is 1.10 bits per heavy atom. The van der Waals surface area contributed by atoms with Crippen molar-refractivity contribution in [1.82, 2.24) is 15.3 Å². The van der Waals surface area contributed by atoms with Crippen LogP contribution in [0.5, 0.6) is 11.5 Å². The molecule has 20 heavy (non-hydrogen) atoms. The lowest BCUT2D eigenvalue weighted by atomic mass is 9.99. The van der Waals surface area contributed by atoms with Gasteiger partial charge in [0.2, 0.25) is 0 Å². The lowest BCUT2D eigenvalue weighted by molar-refractivity contribution is 0.377. The molecule has 0 aliphatic rings. The maximum Gasteiger partial charge on any atom is 0.127 e. The van der Waals surface area contributed by atoms with E-state index >= 15 is 0 Å². The van der Waals surface area contributed by atoms with Gasteiger partial charge in [-0.3, -0.25) is 0 Å². The molecule has 0 aliphatic heterocycles. The van der Waals surface area contributed by atoms with Crippen LogP contribution in [-0.4, -0.2) is 30.7 Å². The van der Waals surface area contributed by atoms with Crippen LogP contribution >= 0.6 is 0 Å². The summed E-state index contributed by atoms with van der Waals surface area (Å²) < 4.78 is 11.0. The molecule has 1 N–H and O–H groups in total. The molecule has 0 aliphatic carbocycles. The second-order valence-corrected chi connectivity index (χ2v) is 4.24. The molecule has 5 nitrogen and oxygen atoms in total. The summed E-state index contributed by atoms with van der Waals surface area (Å²) in [5.41, 5.74) is 1.92. The van der Waals surface area contributed by atoms with Crippen molar-refractivity contribution < 1.29 is 9.47 Å². The van der Waals surface area contributed by atoms with Crippen LogP contribution in [0.3, 0.4) is 0 Å². The van der Waals surface area contributed by atoms with E-state index in [2.05, 4.69) is 22.2 Å². The van der Waals surface area contributed by atoms with Crippen LogP contribution in [0, 0.1) is 0 Å². The van der Waals surface area contributed by atoms with Gasteiger partial charge in [0, 0.05) is 18.0 Å². The van der Waals surface area contributed by atoms with Gasteiger partial charge in [0.15, 0.2) is 0 Å². The molecule has 0 bridgehead atoms. The van der Waals surface area contributed by atoms with Gasteiger partial charge < -0.3 is 14.8 Å². The van der Waals surface area contributed by atoms with Crippen molar-refractivity contribution in [2.75, 3.05) is 20.8 Å². The molecule has 5 heteroatoms. The number of ether oxygens (including phenoxy) is 2. The first-order valence-electron chi connectivity index (χ1n) is 6.51. The van der Waals surface area contributed by atoms with E-state index in [0.717, 1.165) is 29.2 Å². The average molecular weight is 273 g/mol. The molecule has 106 valence electrons. The zero-order chi connectivity index (χ0) is 14.4. The summed E-state index contributed by atoms with van der Waals surface area (Å²) in [5.74, 6) is 1.55. The second-order valence-electron chi connectivity index (χ2n) is 4.24. The van der Waals surface area contributed by atoms with E-state index in [1.165, 1.54) is 6.33 Å². The fraction of sp³-hybridized carbons (Fsp3) is 0.333. The molecule has 0 saturated heterocycles. The van der Waals surface area contributed by atoms with Crippen molar-refractivity contribution in [3.05, 3.63) is 48.0 Å². The van der Waals surface area contributed by atoms with Crippen LogP contribution in [0.25, 0.3) is 0 Å². The van der Waals surface area contributed by atoms with E-state index in [-0.39, 0.29) is 6.04 Å².